The van der Waals surface area contributed by atoms with Crippen molar-refractivity contribution in [1.29, 1.82) is 0 Å². The van der Waals surface area contributed by atoms with Crippen LogP contribution in [0.4, 0.5) is 5.82 Å². The lowest BCUT2D eigenvalue weighted by atomic mass is 10.2. The third-order valence-electron chi connectivity index (χ3n) is 4.13. The van der Waals surface area contributed by atoms with Crippen LogP contribution in [0.2, 0.25) is 0 Å². The van der Waals surface area contributed by atoms with E-state index in [0.717, 1.165) is 27.8 Å². The molecule has 2 heterocycles. The highest BCUT2D eigenvalue weighted by Crippen LogP contribution is 2.31. The van der Waals surface area contributed by atoms with Crippen LogP contribution >= 0.6 is 23.1 Å². The number of carbonyl (C=O) groups excluding carboxylic acids is 1. The minimum absolute atomic E-state index is 0.0449. The average molecular weight is 387 g/mol. The normalized spacial score (nSPS) is 13.3. The number of amides is 1. The van der Waals surface area contributed by atoms with Gasteiger partial charge in [-0.1, -0.05) is 49.0 Å². The van der Waals surface area contributed by atoms with Crippen molar-refractivity contribution in [3.63, 3.8) is 0 Å². The van der Waals surface area contributed by atoms with E-state index in [9.17, 15) is 4.79 Å². The molecule has 0 radical (unpaired) electrons. The lowest BCUT2D eigenvalue weighted by molar-refractivity contribution is -0.115. The molecule has 0 saturated heterocycles. The van der Waals surface area contributed by atoms with Crippen molar-refractivity contribution in [2.45, 2.75) is 42.8 Å². The van der Waals surface area contributed by atoms with Gasteiger partial charge < -0.3 is 5.32 Å². The number of nitrogens with zero attached hydrogens (tertiary/aromatic N) is 3. The second kappa shape index (κ2) is 8.51. The third-order valence-corrected chi connectivity index (χ3v) is 6.20. The summed E-state index contributed by atoms with van der Waals surface area (Å²) < 4.78 is 2.74. The van der Waals surface area contributed by atoms with Gasteiger partial charge in [0.25, 0.3) is 0 Å². The molecule has 1 aromatic carbocycles. The predicted molar refractivity (Wildman–Crippen MR) is 109 cm³/mol. The zero-order valence-electron chi connectivity index (χ0n) is 15.0. The number of aromatic nitrogens is 3. The van der Waals surface area contributed by atoms with Gasteiger partial charge in [0.05, 0.1) is 23.2 Å². The van der Waals surface area contributed by atoms with Gasteiger partial charge in [-0.25, -0.2) is 9.67 Å². The van der Waals surface area contributed by atoms with E-state index in [-0.39, 0.29) is 17.2 Å². The molecule has 0 aliphatic rings. The molecule has 0 spiro atoms. The van der Waals surface area contributed by atoms with Crippen molar-refractivity contribution in [2.75, 3.05) is 5.32 Å². The predicted octanol–water partition coefficient (Wildman–Crippen LogP) is 5.10. The van der Waals surface area contributed by atoms with E-state index < -0.39 is 0 Å². The summed E-state index contributed by atoms with van der Waals surface area (Å²) in [7, 11) is 0. The average Bonchev–Trinajstić information content (AvgIpc) is 3.31. The van der Waals surface area contributed by atoms with Crippen LogP contribution in [-0.2, 0) is 4.79 Å². The molecule has 7 heteroatoms. The van der Waals surface area contributed by atoms with Crippen molar-refractivity contribution in [3.05, 3.63) is 48.0 Å². The van der Waals surface area contributed by atoms with Crippen LogP contribution in [-0.4, -0.2) is 25.9 Å². The molecule has 3 rings (SSSR count). The molecule has 0 saturated carbocycles. The third kappa shape index (κ3) is 4.34. The molecule has 0 fully saturated rings. The maximum absolute atomic E-state index is 12.6. The summed E-state index contributed by atoms with van der Waals surface area (Å²) in [6, 6.07) is 12.1. The highest BCUT2D eigenvalue weighted by molar-refractivity contribution is 8.02. The number of nitrogens with one attached hydrogen (secondary N) is 1. The molecule has 0 bridgehead atoms. The Morgan fingerprint density at radius 2 is 2.04 bits per heavy atom. The van der Waals surface area contributed by atoms with Gasteiger partial charge in [0.2, 0.25) is 5.91 Å². The summed E-state index contributed by atoms with van der Waals surface area (Å²) in [4.78, 5) is 17.2. The van der Waals surface area contributed by atoms with E-state index in [1.165, 1.54) is 11.8 Å². The Morgan fingerprint density at radius 3 is 2.77 bits per heavy atom. The van der Waals surface area contributed by atoms with E-state index in [4.69, 9.17) is 0 Å². The summed E-state index contributed by atoms with van der Waals surface area (Å²) >= 11 is 3.04. The highest BCUT2D eigenvalue weighted by atomic mass is 32.2. The molecule has 2 aromatic heterocycles. The topological polar surface area (TPSA) is 59.8 Å². The van der Waals surface area contributed by atoms with E-state index in [1.54, 1.807) is 17.5 Å². The summed E-state index contributed by atoms with van der Waals surface area (Å²) in [5, 5.41) is 9.07. The minimum Gasteiger partial charge on any atom is -0.310 e. The Kier molecular flexibility index (Phi) is 6.11. The fourth-order valence-electron chi connectivity index (χ4n) is 2.42. The van der Waals surface area contributed by atoms with Crippen molar-refractivity contribution in [1.82, 2.24) is 14.8 Å². The summed E-state index contributed by atoms with van der Waals surface area (Å²) in [5.74, 6) is 0.692. The van der Waals surface area contributed by atoms with Crippen LogP contribution in [0.3, 0.4) is 0 Å². The van der Waals surface area contributed by atoms with Crippen LogP contribution in [0.15, 0.2) is 52.3 Å². The van der Waals surface area contributed by atoms with Crippen LogP contribution < -0.4 is 5.32 Å². The van der Waals surface area contributed by atoms with Crippen molar-refractivity contribution < 1.29 is 4.79 Å². The van der Waals surface area contributed by atoms with Gasteiger partial charge in [-0.15, -0.1) is 11.3 Å². The second-order valence-electron chi connectivity index (χ2n) is 6.03. The number of hydrogen-bond acceptors (Lipinski definition) is 5. The van der Waals surface area contributed by atoms with Crippen molar-refractivity contribution in [3.8, 4) is 11.3 Å². The number of hydrogen-bond donors (Lipinski definition) is 1. The van der Waals surface area contributed by atoms with Gasteiger partial charge >= 0.3 is 0 Å². The van der Waals surface area contributed by atoms with E-state index in [2.05, 4.69) is 29.2 Å². The fraction of sp³-hybridized carbons (Fsp3) is 0.316. The van der Waals surface area contributed by atoms with Gasteiger partial charge in [0.15, 0.2) is 4.34 Å². The maximum atomic E-state index is 12.6. The van der Waals surface area contributed by atoms with Crippen molar-refractivity contribution >= 4 is 34.8 Å². The van der Waals surface area contributed by atoms with Gasteiger partial charge in [0, 0.05) is 17.0 Å². The smallest absolute Gasteiger partial charge is 0.238 e. The Labute approximate surface area is 161 Å². The Morgan fingerprint density at radius 1 is 1.27 bits per heavy atom. The number of thioether (sulfide) groups is 1. The lowest BCUT2D eigenvalue weighted by Gasteiger charge is -2.15. The van der Waals surface area contributed by atoms with Crippen LogP contribution in [0, 0.1) is 0 Å². The first kappa shape index (κ1) is 18.7. The second-order valence-corrected chi connectivity index (χ2v) is 8.48. The van der Waals surface area contributed by atoms with Gasteiger partial charge in [0.1, 0.15) is 5.82 Å². The SMILES string of the molecule is CC[C@@H](C)n1nccc1NC(=O)[C@H](C)Sc1nc(-c2ccccc2)cs1. The van der Waals surface area contributed by atoms with Crippen molar-refractivity contribution in [2.24, 2.45) is 0 Å². The molecule has 136 valence electrons. The molecule has 1 N–H and O–H groups in total. The first-order valence-corrected chi connectivity index (χ1v) is 10.4. The molecular weight excluding hydrogens is 364 g/mol. The van der Waals surface area contributed by atoms with E-state index >= 15 is 0 Å². The maximum Gasteiger partial charge on any atom is 0.238 e. The van der Waals surface area contributed by atoms with Crippen LogP contribution in [0.5, 0.6) is 0 Å². The summed E-state index contributed by atoms with van der Waals surface area (Å²) in [5.41, 5.74) is 2.03. The molecule has 0 unspecified atom stereocenters. The van der Waals surface area contributed by atoms with E-state index in [1.807, 2.05) is 53.4 Å². The van der Waals surface area contributed by atoms with Gasteiger partial charge in [-0.05, 0) is 20.3 Å². The number of benzene rings is 1. The fourth-order valence-corrected chi connectivity index (χ4v) is 4.39. The molecule has 2 atom stereocenters. The number of carbonyl (C=O) groups is 1. The zero-order valence-corrected chi connectivity index (χ0v) is 16.7. The molecule has 5 nitrogen and oxygen atoms in total. The number of thiazole rings is 1. The molecule has 26 heavy (non-hydrogen) atoms. The van der Waals surface area contributed by atoms with Crippen LogP contribution in [0.1, 0.15) is 33.2 Å². The van der Waals surface area contributed by atoms with E-state index in [0.29, 0.717) is 0 Å². The standard InChI is InChI=1S/C19H22N4OS2/c1-4-13(2)23-17(10-11-20-23)22-18(24)14(3)26-19-21-16(12-25-19)15-8-6-5-7-9-15/h5-14H,4H2,1-3H3,(H,22,24)/t13-,14+/m1/s1. The van der Waals surface area contributed by atoms with Gasteiger partial charge in [-0.2, -0.15) is 5.10 Å². The lowest BCUT2D eigenvalue weighted by Crippen LogP contribution is -2.24. The highest BCUT2D eigenvalue weighted by Gasteiger charge is 2.19. The first-order chi connectivity index (χ1) is 12.6. The number of anilines is 1. The Balaban J connectivity index is 1.63. The molecule has 1 amide bonds. The largest absolute Gasteiger partial charge is 0.310 e. The molecule has 0 aliphatic heterocycles. The Bertz CT molecular complexity index is 859. The molecule has 0 aliphatic carbocycles. The minimum atomic E-state index is -0.245. The Hall–Kier alpha value is -2.12. The molecule has 3 aromatic rings. The molecular formula is C19H22N4OS2. The first-order valence-electron chi connectivity index (χ1n) is 8.60. The van der Waals surface area contributed by atoms with Gasteiger partial charge in [-0.3, -0.25) is 4.79 Å². The monoisotopic (exact) mass is 386 g/mol. The van der Waals surface area contributed by atoms with Crippen LogP contribution in [0.25, 0.3) is 11.3 Å². The summed E-state index contributed by atoms with van der Waals surface area (Å²) in [6.07, 6.45) is 2.67. The quantitative estimate of drug-likeness (QED) is 0.574. The zero-order chi connectivity index (χ0) is 18.5. The number of rotatable bonds is 7. The summed E-state index contributed by atoms with van der Waals surface area (Å²) in [6.45, 7) is 6.08.